The van der Waals surface area contributed by atoms with Crippen LogP contribution in [0.5, 0.6) is 11.5 Å². The second-order valence-electron chi connectivity index (χ2n) is 4.10. The van der Waals surface area contributed by atoms with Gasteiger partial charge < -0.3 is 9.84 Å². The Bertz CT molecular complexity index is 732. The van der Waals surface area contributed by atoms with E-state index in [1.807, 2.05) is 0 Å². The van der Waals surface area contributed by atoms with Gasteiger partial charge in [0.05, 0.1) is 4.92 Å². The van der Waals surface area contributed by atoms with Gasteiger partial charge in [0.25, 0.3) is 5.69 Å². The fourth-order valence-corrected chi connectivity index (χ4v) is 1.85. The van der Waals surface area contributed by atoms with Gasteiger partial charge in [0, 0.05) is 30.1 Å². The quantitative estimate of drug-likeness (QED) is 0.685. The number of aromatic nitrogens is 1. The number of rotatable bonds is 4. The predicted octanol–water partition coefficient (Wildman–Crippen LogP) is 3.44. The van der Waals surface area contributed by atoms with Crippen LogP contribution in [0.2, 0.25) is 5.02 Å². The highest BCUT2D eigenvalue weighted by atomic mass is 35.5. The van der Waals surface area contributed by atoms with Crippen molar-refractivity contribution in [1.82, 2.24) is 4.98 Å². The van der Waals surface area contributed by atoms with Crippen molar-refractivity contribution in [2.75, 3.05) is 0 Å². The highest BCUT2D eigenvalue weighted by Gasteiger charge is 2.16. The molecule has 0 aliphatic carbocycles. The highest BCUT2D eigenvalue weighted by molar-refractivity contribution is 6.32. The summed E-state index contributed by atoms with van der Waals surface area (Å²) >= 11 is 5.77. The van der Waals surface area contributed by atoms with E-state index >= 15 is 0 Å². The lowest BCUT2D eigenvalue weighted by molar-refractivity contribution is -0.384. The summed E-state index contributed by atoms with van der Waals surface area (Å²) < 4.78 is 5.44. The third-order valence-electron chi connectivity index (χ3n) is 2.58. The summed E-state index contributed by atoms with van der Waals surface area (Å²) in [5, 5.41) is 19.6. The molecule has 0 unspecified atom stereocenters. The molecule has 0 bridgehead atoms. The van der Waals surface area contributed by atoms with E-state index in [2.05, 4.69) is 4.98 Å². The lowest BCUT2D eigenvalue weighted by Crippen LogP contribution is -2.02. The molecule has 0 radical (unpaired) electrons. The number of carbonyl (C=O) groups is 1. The van der Waals surface area contributed by atoms with Crippen molar-refractivity contribution in [1.29, 1.82) is 0 Å². The maximum atomic E-state index is 11.1. The molecule has 7 nitrogen and oxygen atoms in total. The minimum atomic E-state index is -1.19. The van der Waals surface area contributed by atoms with E-state index in [0.717, 1.165) is 0 Å². The standard InChI is InChI=1S/C13H9ClN2O5/c1-7-4-12(9(6-15-7)13(17)18)21-8-2-3-11(16(19)20)10(14)5-8/h2-6H,1H3,(H,17,18). The lowest BCUT2D eigenvalue weighted by Gasteiger charge is -2.09. The molecule has 1 aromatic heterocycles. The molecule has 0 amide bonds. The van der Waals surface area contributed by atoms with E-state index in [1.54, 1.807) is 6.92 Å². The Kier molecular flexibility index (Phi) is 4.04. The van der Waals surface area contributed by atoms with Crippen LogP contribution in [0.1, 0.15) is 16.1 Å². The molecule has 2 aromatic rings. The van der Waals surface area contributed by atoms with E-state index in [0.29, 0.717) is 5.69 Å². The van der Waals surface area contributed by atoms with Crippen molar-refractivity contribution in [3.05, 3.63) is 56.9 Å². The van der Waals surface area contributed by atoms with Crippen LogP contribution in [-0.2, 0) is 0 Å². The molecule has 108 valence electrons. The number of hydrogen-bond acceptors (Lipinski definition) is 5. The largest absolute Gasteiger partial charge is 0.477 e. The molecule has 0 aliphatic rings. The molecule has 1 aromatic carbocycles. The van der Waals surface area contributed by atoms with Crippen LogP contribution in [0.25, 0.3) is 0 Å². The number of nitrogens with zero attached hydrogens (tertiary/aromatic N) is 2. The van der Waals surface area contributed by atoms with Crippen molar-refractivity contribution >= 4 is 23.3 Å². The van der Waals surface area contributed by atoms with Gasteiger partial charge in [0.2, 0.25) is 0 Å². The Hall–Kier alpha value is -2.67. The molecule has 0 atom stereocenters. The van der Waals surface area contributed by atoms with Gasteiger partial charge >= 0.3 is 5.97 Å². The van der Waals surface area contributed by atoms with Crippen LogP contribution in [0.3, 0.4) is 0 Å². The molecule has 21 heavy (non-hydrogen) atoms. The molecule has 2 rings (SSSR count). The number of pyridine rings is 1. The summed E-state index contributed by atoms with van der Waals surface area (Å²) in [5.41, 5.74) is 0.200. The maximum Gasteiger partial charge on any atom is 0.341 e. The summed E-state index contributed by atoms with van der Waals surface area (Å²) in [6.07, 6.45) is 1.18. The molecule has 1 heterocycles. The molecular weight excluding hydrogens is 300 g/mol. The second kappa shape index (κ2) is 5.76. The monoisotopic (exact) mass is 308 g/mol. The predicted molar refractivity (Wildman–Crippen MR) is 74.1 cm³/mol. The number of nitro benzene ring substituents is 1. The number of aryl methyl sites for hydroxylation is 1. The van der Waals surface area contributed by atoms with E-state index in [-0.39, 0.29) is 27.8 Å². The average Bonchev–Trinajstić information content (AvgIpc) is 2.37. The van der Waals surface area contributed by atoms with Crippen molar-refractivity contribution in [2.24, 2.45) is 0 Å². The Morgan fingerprint density at radius 1 is 1.43 bits per heavy atom. The second-order valence-corrected chi connectivity index (χ2v) is 4.51. The number of carboxylic acids is 1. The van der Waals surface area contributed by atoms with Gasteiger partial charge in [-0.3, -0.25) is 15.1 Å². The molecule has 0 fully saturated rings. The molecule has 0 spiro atoms. The maximum absolute atomic E-state index is 11.1. The Labute approximate surface area is 123 Å². The van der Waals surface area contributed by atoms with Gasteiger partial charge in [0.1, 0.15) is 22.1 Å². The number of hydrogen-bond donors (Lipinski definition) is 1. The Morgan fingerprint density at radius 3 is 2.71 bits per heavy atom. The first-order chi connectivity index (χ1) is 9.88. The summed E-state index contributed by atoms with van der Waals surface area (Å²) in [5.74, 6) is -0.913. The zero-order chi connectivity index (χ0) is 15.6. The van der Waals surface area contributed by atoms with Crippen molar-refractivity contribution in [3.63, 3.8) is 0 Å². The van der Waals surface area contributed by atoms with Gasteiger partial charge in [-0.25, -0.2) is 4.79 Å². The van der Waals surface area contributed by atoms with Gasteiger partial charge in [-0.05, 0) is 13.0 Å². The lowest BCUT2D eigenvalue weighted by atomic mass is 10.2. The van der Waals surface area contributed by atoms with E-state index in [4.69, 9.17) is 21.4 Å². The molecule has 8 heteroatoms. The Morgan fingerprint density at radius 2 is 2.14 bits per heavy atom. The third kappa shape index (κ3) is 3.26. The number of benzene rings is 1. The van der Waals surface area contributed by atoms with Gasteiger partial charge in [-0.15, -0.1) is 0 Å². The minimum absolute atomic E-state index is 0.0833. The first-order valence-electron chi connectivity index (χ1n) is 5.70. The van der Waals surface area contributed by atoms with Crippen LogP contribution in [-0.4, -0.2) is 21.0 Å². The first-order valence-corrected chi connectivity index (χ1v) is 6.08. The van der Waals surface area contributed by atoms with Crippen LogP contribution >= 0.6 is 11.6 Å². The number of carboxylic acid groups (broad SMARTS) is 1. The van der Waals surface area contributed by atoms with Crippen molar-refractivity contribution < 1.29 is 19.6 Å². The summed E-state index contributed by atoms with van der Waals surface area (Å²) in [6.45, 7) is 1.68. The Balaban J connectivity index is 2.38. The first kappa shape index (κ1) is 14.7. The smallest absolute Gasteiger partial charge is 0.341 e. The van der Waals surface area contributed by atoms with E-state index in [1.165, 1.54) is 30.5 Å². The molecular formula is C13H9ClN2O5. The average molecular weight is 309 g/mol. The fourth-order valence-electron chi connectivity index (χ4n) is 1.61. The fraction of sp³-hybridized carbons (Fsp3) is 0.0769. The molecule has 0 saturated heterocycles. The zero-order valence-electron chi connectivity index (χ0n) is 10.7. The van der Waals surface area contributed by atoms with E-state index < -0.39 is 10.9 Å². The normalized spacial score (nSPS) is 10.2. The summed E-state index contributed by atoms with van der Waals surface area (Å²) in [7, 11) is 0. The SMILES string of the molecule is Cc1cc(Oc2ccc([N+](=O)[O-])c(Cl)c2)c(C(=O)O)cn1. The zero-order valence-corrected chi connectivity index (χ0v) is 11.5. The third-order valence-corrected chi connectivity index (χ3v) is 2.88. The highest BCUT2D eigenvalue weighted by Crippen LogP contribution is 2.32. The molecule has 1 N–H and O–H groups in total. The van der Waals surface area contributed by atoms with Gasteiger partial charge in [0.15, 0.2) is 0 Å². The van der Waals surface area contributed by atoms with Crippen LogP contribution in [0, 0.1) is 17.0 Å². The number of halogens is 1. The van der Waals surface area contributed by atoms with Gasteiger partial charge in [-0.1, -0.05) is 11.6 Å². The van der Waals surface area contributed by atoms with Crippen LogP contribution in [0.4, 0.5) is 5.69 Å². The minimum Gasteiger partial charge on any atom is -0.477 e. The summed E-state index contributed by atoms with van der Waals surface area (Å²) in [4.78, 5) is 25.0. The number of aromatic carboxylic acids is 1. The topological polar surface area (TPSA) is 103 Å². The van der Waals surface area contributed by atoms with Gasteiger partial charge in [-0.2, -0.15) is 0 Å². The number of nitro groups is 1. The van der Waals surface area contributed by atoms with Crippen LogP contribution in [0.15, 0.2) is 30.5 Å². The van der Waals surface area contributed by atoms with Crippen molar-refractivity contribution in [3.8, 4) is 11.5 Å². The van der Waals surface area contributed by atoms with Crippen molar-refractivity contribution in [2.45, 2.75) is 6.92 Å². The van der Waals surface area contributed by atoms with E-state index in [9.17, 15) is 14.9 Å². The molecule has 0 saturated carbocycles. The number of ether oxygens (including phenoxy) is 1. The summed E-state index contributed by atoms with van der Waals surface area (Å²) in [6, 6.07) is 5.23. The molecule has 0 aliphatic heterocycles. The van der Waals surface area contributed by atoms with Crippen LogP contribution < -0.4 is 4.74 Å².